The van der Waals surface area contributed by atoms with Crippen molar-refractivity contribution in [2.45, 2.75) is 25.7 Å². The molecule has 0 atom stereocenters. The van der Waals surface area contributed by atoms with Crippen LogP contribution in [-0.2, 0) is 0 Å². The number of fused-ring (bicyclic) bond motifs is 1. The van der Waals surface area contributed by atoms with Crippen LogP contribution in [0.1, 0.15) is 25.7 Å². The van der Waals surface area contributed by atoms with E-state index in [1.54, 1.807) is 0 Å². The summed E-state index contributed by atoms with van der Waals surface area (Å²) in [5.41, 5.74) is 1.71. The molecule has 3 saturated carbocycles. The lowest BCUT2D eigenvalue weighted by atomic mass is 10.3. The highest BCUT2D eigenvalue weighted by Gasteiger charge is 2.85. The van der Waals surface area contributed by atoms with Crippen molar-refractivity contribution < 1.29 is 0 Å². The van der Waals surface area contributed by atoms with Crippen LogP contribution in [0, 0.1) is 16.7 Å². The fourth-order valence-corrected chi connectivity index (χ4v) is 3.11. The zero-order valence-electron chi connectivity index (χ0n) is 5.69. The summed E-state index contributed by atoms with van der Waals surface area (Å²) in [6.07, 6.45) is 8.28. The molecule has 0 aromatic rings. The lowest BCUT2D eigenvalue weighted by Gasteiger charge is -1.75. The molecular formula is C9H12. The Kier molecular flexibility index (Phi) is 0.455. The van der Waals surface area contributed by atoms with Gasteiger partial charge in [0, 0.05) is 0 Å². The maximum Gasteiger partial charge on any atom is -0.0112 e. The Hall–Kier alpha value is -0.260. The van der Waals surface area contributed by atoms with E-state index in [0.29, 0.717) is 0 Å². The highest BCUT2D eigenvalue weighted by molar-refractivity contribution is 5.37. The van der Waals surface area contributed by atoms with E-state index in [1.807, 2.05) is 0 Å². The first-order valence-corrected chi connectivity index (χ1v) is 3.98. The Bertz CT molecular complexity index is 164. The van der Waals surface area contributed by atoms with E-state index in [9.17, 15) is 0 Å². The molecule has 0 aromatic heterocycles. The van der Waals surface area contributed by atoms with E-state index < -0.39 is 0 Å². The molecule has 3 rings (SSSR count). The Balaban J connectivity index is 2.01. The third-order valence-corrected chi connectivity index (χ3v) is 3.91. The van der Waals surface area contributed by atoms with E-state index >= 15 is 0 Å². The molecule has 3 aliphatic carbocycles. The van der Waals surface area contributed by atoms with Crippen LogP contribution in [0.5, 0.6) is 0 Å². The summed E-state index contributed by atoms with van der Waals surface area (Å²) < 4.78 is 0. The monoisotopic (exact) mass is 120 g/mol. The third-order valence-electron chi connectivity index (χ3n) is 3.91. The van der Waals surface area contributed by atoms with Gasteiger partial charge in [-0.05, 0) is 42.4 Å². The van der Waals surface area contributed by atoms with Crippen LogP contribution in [-0.4, -0.2) is 0 Å². The van der Waals surface area contributed by atoms with Crippen molar-refractivity contribution in [3.05, 3.63) is 12.7 Å². The van der Waals surface area contributed by atoms with Crippen LogP contribution in [0.4, 0.5) is 0 Å². The molecule has 0 unspecified atom stereocenters. The lowest BCUT2D eigenvalue weighted by molar-refractivity contribution is 0.716. The summed E-state index contributed by atoms with van der Waals surface area (Å²) in [6.45, 7) is 3.89. The first-order chi connectivity index (χ1) is 4.36. The normalized spacial score (nSPS) is 45.1. The molecule has 0 radical (unpaired) electrons. The maximum absolute atomic E-state index is 3.89. The molecule has 9 heavy (non-hydrogen) atoms. The van der Waals surface area contributed by atoms with Crippen LogP contribution in [0.3, 0.4) is 0 Å². The molecule has 2 spiro atoms. The van der Waals surface area contributed by atoms with Crippen molar-refractivity contribution in [2.75, 3.05) is 0 Å². The van der Waals surface area contributed by atoms with E-state index in [1.165, 1.54) is 25.7 Å². The predicted octanol–water partition coefficient (Wildman–Crippen LogP) is 2.36. The lowest BCUT2D eigenvalue weighted by Crippen LogP contribution is -1.70. The second kappa shape index (κ2) is 0.902. The van der Waals surface area contributed by atoms with Crippen molar-refractivity contribution in [1.29, 1.82) is 0 Å². The van der Waals surface area contributed by atoms with Gasteiger partial charge in [0.15, 0.2) is 0 Å². The van der Waals surface area contributed by atoms with E-state index in [4.69, 9.17) is 0 Å². The Morgan fingerprint density at radius 2 is 1.56 bits per heavy atom. The van der Waals surface area contributed by atoms with Crippen molar-refractivity contribution in [2.24, 2.45) is 16.7 Å². The minimum absolute atomic E-state index is 0.856. The van der Waals surface area contributed by atoms with Crippen LogP contribution in [0.15, 0.2) is 12.7 Å². The topological polar surface area (TPSA) is 0 Å². The van der Waals surface area contributed by atoms with Gasteiger partial charge in [0.2, 0.25) is 0 Å². The molecule has 0 heterocycles. The average Bonchev–Trinajstić information content (AvgIpc) is 2.56. The fourth-order valence-electron chi connectivity index (χ4n) is 3.11. The van der Waals surface area contributed by atoms with Gasteiger partial charge in [-0.15, -0.1) is 6.58 Å². The van der Waals surface area contributed by atoms with Crippen LogP contribution in [0.25, 0.3) is 0 Å². The van der Waals surface area contributed by atoms with Gasteiger partial charge in [-0.2, -0.15) is 0 Å². The van der Waals surface area contributed by atoms with Crippen molar-refractivity contribution in [3.63, 3.8) is 0 Å². The molecule has 3 fully saturated rings. The molecule has 0 aromatic carbocycles. The van der Waals surface area contributed by atoms with E-state index in [0.717, 1.165) is 16.7 Å². The second-order valence-electron chi connectivity index (χ2n) is 4.03. The number of hydrogen-bond acceptors (Lipinski definition) is 0. The van der Waals surface area contributed by atoms with Crippen molar-refractivity contribution in [1.82, 2.24) is 0 Å². The number of allylic oxidation sites excluding steroid dienone is 1. The van der Waals surface area contributed by atoms with Gasteiger partial charge in [0.25, 0.3) is 0 Å². The Morgan fingerprint density at radius 3 is 1.67 bits per heavy atom. The van der Waals surface area contributed by atoms with Gasteiger partial charge in [-0.1, -0.05) is 6.08 Å². The standard InChI is InChI=1S/C9H12/c1-2-7-8(3-4-8)9(7)5-6-9/h2,7H,1,3-6H2. The summed E-state index contributed by atoms with van der Waals surface area (Å²) in [5.74, 6) is 0.949. The van der Waals surface area contributed by atoms with Crippen LogP contribution >= 0.6 is 0 Å². The molecular weight excluding hydrogens is 108 g/mol. The highest BCUT2D eigenvalue weighted by atomic mass is 14.9. The van der Waals surface area contributed by atoms with E-state index in [-0.39, 0.29) is 0 Å². The molecule has 0 nitrogen and oxygen atoms in total. The summed E-state index contributed by atoms with van der Waals surface area (Å²) in [4.78, 5) is 0. The zero-order chi connectivity index (χ0) is 6.11. The fraction of sp³-hybridized carbons (Fsp3) is 0.778. The Morgan fingerprint density at radius 1 is 1.11 bits per heavy atom. The largest absolute Gasteiger partial charge is 0.103 e. The summed E-state index contributed by atoms with van der Waals surface area (Å²) in [7, 11) is 0. The second-order valence-corrected chi connectivity index (χ2v) is 4.03. The first-order valence-electron chi connectivity index (χ1n) is 3.98. The van der Waals surface area contributed by atoms with Gasteiger partial charge in [-0.25, -0.2) is 0 Å². The smallest absolute Gasteiger partial charge is 0.0112 e. The zero-order valence-corrected chi connectivity index (χ0v) is 5.69. The summed E-state index contributed by atoms with van der Waals surface area (Å²) >= 11 is 0. The molecule has 0 bridgehead atoms. The van der Waals surface area contributed by atoms with Crippen LogP contribution in [0.2, 0.25) is 0 Å². The number of rotatable bonds is 1. The van der Waals surface area contributed by atoms with Gasteiger partial charge in [-0.3, -0.25) is 0 Å². The third kappa shape index (κ3) is 0.270. The highest BCUT2D eigenvalue weighted by Crippen LogP contribution is 2.92. The molecule has 48 valence electrons. The average molecular weight is 120 g/mol. The molecule has 0 saturated heterocycles. The molecule has 3 aliphatic rings. The van der Waals surface area contributed by atoms with Gasteiger partial charge >= 0.3 is 0 Å². The first kappa shape index (κ1) is 4.54. The number of hydrogen-bond donors (Lipinski definition) is 0. The molecule has 0 amide bonds. The summed E-state index contributed by atoms with van der Waals surface area (Å²) in [6, 6.07) is 0. The Labute approximate surface area is 56.0 Å². The molecule has 0 aliphatic heterocycles. The van der Waals surface area contributed by atoms with Crippen molar-refractivity contribution in [3.8, 4) is 0 Å². The summed E-state index contributed by atoms with van der Waals surface area (Å²) in [5, 5.41) is 0. The van der Waals surface area contributed by atoms with Gasteiger partial charge in [0.1, 0.15) is 0 Å². The van der Waals surface area contributed by atoms with Crippen molar-refractivity contribution >= 4 is 0 Å². The van der Waals surface area contributed by atoms with Crippen LogP contribution < -0.4 is 0 Å². The predicted molar refractivity (Wildman–Crippen MR) is 37.0 cm³/mol. The minimum Gasteiger partial charge on any atom is -0.103 e. The van der Waals surface area contributed by atoms with Gasteiger partial charge < -0.3 is 0 Å². The minimum atomic E-state index is 0.856. The maximum atomic E-state index is 3.89. The van der Waals surface area contributed by atoms with E-state index in [2.05, 4.69) is 12.7 Å². The quantitative estimate of drug-likeness (QED) is 0.466. The molecule has 0 heteroatoms. The molecule has 0 N–H and O–H groups in total. The van der Waals surface area contributed by atoms with Gasteiger partial charge in [0.05, 0.1) is 0 Å². The SMILES string of the molecule is C=CC1C2(CC2)C12CC2.